The highest BCUT2D eigenvalue weighted by Gasteiger charge is 2.17. The van der Waals surface area contributed by atoms with Crippen molar-refractivity contribution in [1.29, 1.82) is 0 Å². The molecule has 0 radical (unpaired) electrons. The van der Waals surface area contributed by atoms with Gasteiger partial charge >= 0.3 is 0 Å². The van der Waals surface area contributed by atoms with Crippen LogP contribution in [0.5, 0.6) is 0 Å². The lowest BCUT2D eigenvalue weighted by Crippen LogP contribution is -2.48. The second-order valence-corrected chi connectivity index (χ2v) is 7.09. The number of aliphatic imine (C=N–C) groups is 1. The van der Waals surface area contributed by atoms with Crippen LogP contribution in [0.25, 0.3) is 0 Å². The lowest BCUT2D eigenvalue weighted by atomic mass is 10.2. The van der Waals surface area contributed by atoms with Crippen LogP contribution in [0.1, 0.15) is 37.4 Å². The summed E-state index contributed by atoms with van der Waals surface area (Å²) >= 11 is 1.68. The topological polar surface area (TPSA) is 61.8 Å². The minimum absolute atomic E-state index is 0. The molecule has 6 nitrogen and oxygen atoms in total. The Kier molecular flexibility index (Phi) is 10.1. The number of halogens is 1. The van der Waals surface area contributed by atoms with Crippen LogP contribution in [0.15, 0.2) is 10.4 Å². The van der Waals surface area contributed by atoms with Gasteiger partial charge in [0.1, 0.15) is 5.01 Å². The molecule has 1 aromatic heterocycles. The number of morpholine rings is 1. The molecular formula is C16H30IN5OS. The molecular weight excluding hydrogens is 437 g/mol. The summed E-state index contributed by atoms with van der Waals surface area (Å²) in [7, 11) is 2.13. The van der Waals surface area contributed by atoms with E-state index in [9.17, 15) is 0 Å². The van der Waals surface area contributed by atoms with E-state index >= 15 is 0 Å². The van der Waals surface area contributed by atoms with Crippen molar-refractivity contribution in [2.75, 3.05) is 39.8 Å². The summed E-state index contributed by atoms with van der Waals surface area (Å²) in [4.78, 5) is 11.6. The second kappa shape index (κ2) is 11.2. The monoisotopic (exact) mass is 467 g/mol. The number of guanidine groups is 1. The van der Waals surface area contributed by atoms with Crippen molar-refractivity contribution in [2.24, 2.45) is 4.99 Å². The molecule has 2 N–H and O–H groups in total. The average molecular weight is 467 g/mol. The Balaban J connectivity index is 0.00000288. The van der Waals surface area contributed by atoms with E-state index < -0.39 is 0 Å². The number of thiazole rings is 1. The van der Waals surface area contributed by atoms with Gasteiger partial charge in [0.15, 0.2) is 5.96 Å². The first-order valence-corrected chi connectivity index (χ1v) is 9.23. The number of hydrogen-bond donors (Lipinski definition) is 2. The maximum Gasteiger partial charge on any atom is 0.191 e. The summed E-state index contributed by atoms with van der Waals surface area (Å²) in [5, 5.41) is 9.84. The van der Waals surface area contributed by atoms with Crippen LogP contribution in [0.4, 0.5) is 0 Å². The normalized spacial score (nSPS) is 19.2. The quantitative estimate of drug-likeness (QED) is 0.382. The summed E-state index contributed by atoms with van der Waals surface area (Å²) in [6.45, 7) is 11.4. The number of nitrogens with one attached hydrogen (secondary N) is 2. The first-order valence-electron chi connectivity index (χ1n) is 8.35. The molecule has 0 amide bonds. The molecule has 1 fully saturated rings. The van der Waals surface area contributed by atoms with Gasteiger partial charge in [0.25, 0.3) is 0 Å². The third-order valence-electron chi connectivity index (χ3n) is 3.72. The van der Waals surface area contributed by atoms with Crippen LogP contribution in [0.3, 0.4) is 0 Å². The second-order valence-electron chi connectivity index (χ2n) is 6.15. The van der Waals surface area contributed by atoms with E-state index in [4.69, 9.17) is 4.74 Å². The van der Waals surface area contributed by atoms with E-state index in [1.54, 1.807) is 11.3 Å². The van der Waals surface area contributed by atoms with E-state index in [2.05, 4.69) is 58.7 Å². The zero-order valence-electron chi connectivity index (χ0n) is 15.0. The summed E-state index contributed by atoms with van der Waals surface area (Å²) in [5.74, 6) is 1.29. The Morgan fingerprint density at radius 2 is 2.29 bits per heavy atom. The molecule has 0 aromatic carbocycles. The molecule has 2 rings (SSSR count). The number of hydrogen-bond acceptors (Lipinski definition) is 5. The molecule has 0 bridgehead atoms. The van der Waals surface area contributed by atoms with Crippen molar-refractivity contribution in [3.05, 3.63) is 16.1 Å². The molecule has 24 heavy (non-hydrogen) atoms. The predicted octanol–water partition coefficient (Wildman–Crippen LogP) is 2.27. The average Bonchev–Trinajstić information content (AvgIpc) is 2.99. The fourth-order valence-electron chi connectivity index (χ4n) is 2.35. The fraction of sp³-hybridized carbons (Fsp3) is 0.750. The van der Waals surface area contributed by atoms with Crippen LogP contribution in [0.2, 0.25) is 0 Å². The van der Waals surface area contributed by atoms with Crippen molar-refractivity contribution in [3.8, 4) is 0 Å². The molecule has 1 atom stereocenters. The van der Waals surface area contributed by atoms with E-state index in [1.165, 1.54) is 0 Å². The maximum absolute atomic E-state index is 5.77. The van der Waals surface area contributed by atoms with Crippen molar-refractivity contribution < 1.29 is 4.74 Å². The van der Waals surface area contributed by atoms with Crippen molar-refractivity contribution >= 4 is 41.3 Å². The smallest absolute Gasteiger partial charge is 0.191 e. The van der Waals surface area contributed by atoms with Crippen molar-refractivity contribution in [2.45, 2.75) is 39.3 Å². The van der Waals surface area contributed by atoms with Gasteiger partial charge in [-0.05, 0) is 19.9 Å². The molecule has 1 unspecified atom stereocenters. The predicted molar refractivity (Wildman–Crippen MR) is 112 cm³/mol. The van der Waals surface area contributed by atoms with Crippen molar-refractivity contribution in [3.63, 3.8) is 0 Å². The molecule has 0 aliphatic carbocycles. The Bertz CT molecular complexity index is 508. The Morgan fingerprint density at radius 3 is 2.92 bits per heavy atom. The zero-order chi connectivity index (χ0) is 16.7. The molecule has 8 heteroatoms. The third-order valence-corrected chi connectivity index (χ3v) is 4.57. The molecule has 1 aliphatic heterocycles. The van der Waals surface area contributed by atoms with Gasteiger partial charge in [0.2, 0.25) is 0 Å². The lowest BCUT2D eigenvalue weighted by Gasteiger charge is -2.30. The lowest BCUT2D eigenvalue weighted by molar-refractivity contribution is -0.0161. The summed E-state index contributed by atoms with van der Waals surface area (Å²) in [6.07, 6.45) is 0.213. The van der Waals surface area contributed by atoms with Gasteiger partial charge in [-0.3, -0.25) is 0 Å². The highest BCUT2D eigenvalue weighted by molar-refractivity contribution is 14.0. The zero-order valence-corrected chi connectivity index (χ0v) is 18.2. The first kappa shape index (κ1) is 21.6. The number of nitrogens with zero attached hydrogens (tertiary/aromatic N) is 3. The van der Waals surface area contributed by atoms with E-state index in [1.807, 2.05) is 0 Å². The van der Waals surface area contributed by atoms with E-state index in [-0.39, 0.29) is 30.1 Å². The van der Waals surface area contributed by atoms with Crippen LogP contribution in [-0.4, -0.2) is 61.8 Å². The van der Waals surface area contributed by atoms with Gasteiger partial charge in [-0.25, -0.2) is 9.98 Å². The first-order chi connectivity index (χ1) is 11.1. The number of likely N-dealkylation sites (N-methyl/N-ethyl adjacent to an activating group) is 1. The van der Waals surface area contributed by atoms with Gasteiger partial charge in [-0.2, -0.15) is 0 Å². The molecule has 138 valence electrons. The SMILES string of the molecule is CCNC(=NCc1nc(C(C)C)cs1)NCC1CN(C)CCO1.I. The molecule has 0 spiro atoms. The number of rotatable bonds is 6. The Morgan fingerprint density at radius 1 is 1.50 bits per heavy atom. The molecule has 0 saturated carbocycles. The molecule has 1 saturated heterocycles. The van der Waals surface area contributed by atoms with Crippen LogP contribution in [-0.2, 0) is 11.3 Å². The largest absolute Gasteiger partial charge is 0.374 e. The van der Waals surface area contributed by atoms with Gasteiger partial charge in [0.05, 0.1) is 24.9 Å². The van der Waals surface area contributed by atoms with Gasteiger partial charge < -0.3 is 20.3 Å². The summed E-state index contributed by atoms with van der Waals surface area (Å²) < 4.78 is 5.77. The summed E-state index contributed by atoms with van der Waals surface area (Å²) in [5.41, 5.74) is 1.15. The minimum Gasteiger partial charge on any atom is -0.374 e. The van der Waals surface area contributed by atoms with Crippen LogP contribution < -0.4 is 10.6 Å². The Labute approximate surface area is 166 Å². The number of ether oxygens (including phenoxy) is 1. The number of aromatic nitrogens is 1. The molecule has 1 aliphatic rings. The molecule has 1 aromatic rings. The highest BCUT2D eigenvalue weighted by Crippen LogP contribution is 2.18. The highest BCUT2D eigenvalue weighted by atomic mass is 127. The van der Waals surface area contributed by atoms with Gasteiger partial charge in [-0.15, -0.1) is 35.3 Å². The third kappa shape index (κ3) is 7.20. The Hall–Kier alpha value is -0.450. The minimum atomic E-state index is 0. The molecule has 2 heterocycles. The van der Waals surface area contributed by atoms with Crippen LogP contribution in [0, 0.1) is 0 Å². The standard InChI is InChI=1S/C16H29N5OS.HI/c1-5-17-16(18-8-13-10-21(4)6-7-22-13)19-9-15-20-14(11-23-15)12(2)3;/h11-13H,5-10H2,1-4H3,(H2,17,18,19);1H. The van der Waals surface area contributed by atoms with Crippen LogP contribution >= 0.6 is 35.3 Å². The van der Waals surface area contributed by atoms with Gasteiger partial charge in [-0.1, -0.05) is 13.8 Å². The fourth-order valence-corrected chi connectivity index (χ4v) is 3.23. The van der Waals surface area contributed by atoms with Crippen molar-refractivity contribution in [1.82, 2.24) is 20.5 Å². The van der Waals surface area contributed by atoms with E-state index in [0.717, 1.165) is 49.4 Å². The summed E-state index contributed by atoms with van der Waals surface area (Å²) in [6, 6.07) is 0. The van der Waals surface area contributed by atoms with E-state index in [0.29, 0.717) is 12.5 Å². The van der Waals surface area contributed by atoms with Gasteiger partial charge in [0, 0.05) is 31.6 Å². The maximum atomic E-state index is 5.77.